The Balaban J connectivity index is 1.98. The smallest absolute Gasteiger partial charge is 0.265 e. The summed E-state index contributed by atoms with van der Waals surface area (Å²) in [5.74, 6) is 2.81. The van der Waals surface area contributed by atoms with Gasteiger partial charge in [0.2, 0.25) is 0 Å². The minimum atomic E-state index is -0.122. The number of thioether (sulfide) groups is 1. The molecule has 1 fully saturated rings. The highest BCUT2D eigenvalue weighted by atomic mass is 79.9. The maximum absolute atomic E-state index is 12.9. The van der Waals surface area contributed by atoms with E-state index >= 15 is 0 Å². The van der Waals surface area contributed by atoms with Crippen molar-refractivity contribution in [3.63, 3.8) is 0 Å². The fraction of sp³-hybridized carbons (Fsp3) is 0.353. The molecule has 1 unspecified atom stereocenters. The Hall–Kier alpha value is -1.38. The molecule has 1 aromatic carbocycles. The second kappa shape index (κ2) is 7.88. The number of rotatable bonds is 5. The van der Waals surface area contributed by atoms with Crippen molar-refractivity contribution < 1.29 is 19.0 Å². The van der Waals surface area contributed by atoms with Crippen molar-refractivity contribution in [1.82, 2.24) is 4.90 Å². The van der Waals surface area contributed by atoms with Gasteiger partial charge in [-0.05, 0) is 28.1 Å². The number of ether oxygens (including phenoxy) is 3. The molecule has 0 spiro atoms. The Morgan fingerprint density at radius 2 is 1.80 bits per heavy atom. The van der Waals surface area contributed by atoms with E-state index in [1.54, 1.807) is 39.2 Å². The molecule has 5 nitrogen and oxygen atoms in total. The molecule has 2 heterocycles. The minimum Gasteiger partial charge on any atom is -0.496 e. The van der Waals surface area contributed by atoms with Crippen molar-refractivity contribution in [3.05, 3.63) is 38.5 Å². The molecule has 0 saturated carbocycles. The van der Waals surface area contributed by atoms with Crippen LogP contribution in [0.3, 0.4) is 0 Å². The van der Waals surface area contributed by atoms with Crippen LogP contribution in [-0.4, -0.2) is 44.4 Å². The predicted octanol–water partition coefficient (Wildman–Crippen LogP) is 4.42. The highest BCUT2D eigenvalue weighted by molar-refractivity contribution is 9.10. The van der Waals surface area contributed by atoms with Crippen LogP contribution >= 0.6 is 39.0 Å². The van der Waals surface area contributed by atoms with Gasteiger partial charge in [0.25, 0.3) is 5.91 Å². The topological polar surface area (TPSA) is 48.0 Å². The summed E-state index contributed by atoms with van der Waals surface area (Å²) >= 11 is 6.57. The van der Waals surface area contributed by atoms with E-state index in [1.807, 2.05) is 22.4 Å². The second-order valence-corrected chi connectivity index (χ2v) is 8.32. The maximum Gasteiger partial charge on any atom is 0.265 e. The molecular weight excluding hydrogens is 426 g/mol. The Bertz CT molecular complexity index is 780. The van der Waals surface area contributed by atoms with E-state index < -0.39 is 0 Å². The molecule has 0 N–H and O–H groups in total. The van der Waals surface area contributed by atoms with E-state index in [4.69, 9.17) is 14.2 Å². The summed E-state index contributed by atoms with van der Waals surface area (Å²) in [6, 6.07) is 5.56. The van der Waals surface area contributed by atoms with E-state index in [2.05, 4.69) is 15.9 Å². The lowest BCUT2D eigenvalue weighted by Crippen LogP contribution is -2.30. The molecule has 0 radical (unpaired) electrons. The van der Waals surface area contributed by atoms with Crippen LogP contribution in [0.1, 0.15) is 20.6 Å². The van der Waals surface area contributed by atoms with Crippen LogP contribution in [0.5, 0.6) is 17.2 Å². The second-order valence-electron chi connectivity index (χ2n) is 5.30. The largest absolute Gasteiger partial charge is 0.496 e. The van der Waals surface area contributed by atoms with Gasteiger partial charge < -0.3 is 19.1 Å². The molecule has 1 aliphatic heterocycles. The molecule has 8 heteroatoms. The van der Waals surface area contributed by atoms with Crippen LogP contribution < -0.4 is 14.2 Å². The van der Waals surface area contributed by atoms with Gasteiger partial charge in [-0.2, -0.15) is 0 Å². The Morgan fingerprint density at radius 3 is 2.40 bits per heavy atom. The number of benzene rings is 1. The fourth-order valence-corrected chi connectivity index (χ4v) is 5.40. The van der Waals surface area contributed by atoms with Crippen molar-refractivity contribution in [3.8, 4) is 17.2 Å². The molecular formula is C17H18BrNO4S2. The Labute approximate surface area is 163 Å². The molecule has 2 aromatic rings. The number of thiophene rings is 1. The van der Waals surface area contributed by atoms with Crippen LogP contribution in [-0.2, 0) is 0 Å². The number of amides is 1. The van der Waals surface area contributed by atoms with Crippen molar-refractivity contribution in [2.45, 2.75) is 5.37 Å². The summed E-state index contributed by atoms with van der Waals surface area (Å²) < 4.78 is 17.2. The molecule has 1 amide bonds. The summed E-state index contributed by atoms with van der Waals surface area (Å²) in [4.78, 5) is 15.5. The Kier molecular flexibility index (Phi) is 5.81. The molecule has 1 aliphatic rings. The van der Waals surface area contributed by atoms with E-state index in [0.717, 1.165) is 20.7 Å². The maximum atomic E-state index is 12.9. The van der Waals surface area contributed by atoms with Crippen LogP contribution in [0.4, 0.5) is 0 Å². The lowest BCUT2D eigenvalue weighted by molar-refractivity contribution is 0.0764. The first-order valence-corrected chi connectivity index (χ1v) is 10.3. The zero-order chi connectivity index (χ0) is 18.0. The molecule has 1 saturated heterocycles. The van der Waals surface area contributed by atoms with Crippen LogP contribution in [0.15, 0.2) is 28.1 Å². The number of hydrogen-bond acceptors (Lipinski definition) is 6. The number of carbonyl (C=O) groups excluding carboxylic acids is 1. The van der Waals surface area contributed by atoms with Gasteiger partial charge in [0, 0.05) is 33.8 Å². The Morgan fingerprint density at radius 1 is 1.12 bits per heavy atom. The molecule has 3 rings (SSSR count). The third-order valence-electron chi connectivity index (χ3n) is 3.93. The first-order chi connectivity index (χ1) is 12.1. The summed E-state index contributed by atoms with van der Waals surface area (Å²) in [6.07, 6.45) is 0. The van der Waals surface area contributed by atoms with Gasteiger partial charge in [0.05, 0.1) is 26.2 Å². The quantitative estimate of drug-likeness (QED) is 0.683. The number of nitrogens with zero attached hydrogens (tertiary/aromatic N) is 1. The van der Waals surface area contributed by atoms with Gasteiger partial charge in [0.15, 0.2) is 11.5 Å². The lowest BCUT2D eigenvalue weighted by Gasteiger charge is -2.26. The van der Waals surface area contributed by atoms with Gasteiger partial charge >= 0.3 is 0 Å². The van der Waals surface area contributed by atoms with Crippen molar-refractivity contribution >= 4 is 44.9 Å². The summed E-state index contributed by atoms with van der Waals surface area (Å²) in [5.41, 5.74) is 0.909. The lowest BCUT2D eigenvalue weighted by atomic mass is 10.1. The summed E-state index contributed by atoms with van der Waals surface area (Å²) in [6.45, 7) is 0.696. The fourth-order valence-electron chi connectivity index (χ4n) is 2.75. The van der Waals surface area contributed by atoms with E-state index in [1.165, 1.54) is 11.3 Å². The molecule has 1 atom stereocenters. The zero-order valence-electron chi connectivity index (χ0n) is 14.1. The highest BCUT2D eigenvalue weighted by Gasteiger charge is 2.34. The number of methoxy groups -OCH3 is 3. The molecule has 0 bridgehead atoms. The van der Waals surface area contributed by atoms with Gasteiger partial charge in [-0.25, -0.2) is 0 Å². The van der Waals surface area contributed by atoms with Crippen molar-refractivity contribution in [2.24, 2.45) is 0 Å². The van der Waals surface area contributed by atoms with Crippen molar-refractivity contribution in [2.75, 3.05) is 33.6 Å². The average Bonchev–Trinajstić information content (AvgIpc) is 3.28. The van der Waals surface area contributed by atoms with E-state index in [0.29, 0.717) is 23.8 Å². The third-order valence-corrected chi connectivity index (χ3v) is 6.85. The van der Waals surface area contributed by atoms with E-state index in [9.17, 15) is 4.79 Å². The SMILES string of the molecule is COc1cc(OC)c(C2SCCN2C(=O)c2cc(Br)cs2)cc1OC. The monoisotopic (exact) mass is 443 g/mol. The van der Waals surface area contributed by atoms with E-state index in [-0.39, 0.29) is 11.3 Å². The zero-order valence-corrected chi connectivity index (χ0v) is 17.3. The van der Waals surface area contributed by atoms with Crippen LogP contribution in [0, 0.1) is 0 Å². The van der Waals surface area contributed by atoms with Gasteiger partial charge in [0.1, 0.15) is 11.1 Å². The number of halogens is 1. The predicted molar refractivity (Wildman–Crippen MR) is 104 cm³/mol. The van der Waals surface area contributed by atoms with Gasteiger partial charge in [-0.15, -0.1) is 23.1 Å². The molecule has 25 heavy (non-hydrogen) atoms. The van der Waals surface area contributed by atoms with Crippen LogP contribution in [0.2, 0.25) is 0 Å². The van der Waals surface area contributed by atoms with Crippen LogP contribution in [0.25, 0.3) is 0 Å². The van der Waals surface area contributed by atoms with Gasteiger partial charge in [-0.1, -0.05) is 0 Å². The summed E-state index contributed by atoms with van der Waals surface area (Å²) in [7, 11) is 4.81. The van der Waals surface area contributed by atoms with Crippen molar-refractivity contribution in [1.29, 1.82) is 0 Å². The standard InChI is InChI=1S/C17H18BrNO4S2/c1-21-12-8-14(23-3)13(22-2)7-11(12)17-19(4-5-24-17)16(20)15-6-10(18)9-25-15/h6-9,17H,4-5H2,1-3H3. The molecule has 1 aromatic heterocycles. The number of hydrogen-bond donors (Lipinski definition) is 0. The number of carbonyl (C=O) groups is 1. The summed E-state index contributed by atoms with van der Waals surface area (Å²) in [5, 5.41) is 1.80. The minimum absolute atomic E-state index is 0.0301. The first kappa shape index (κ1) is 18.4. The van der Waals surface area contributed by atoms with Gasteiger partial charge in [-0.3, -0.25) is 4.79 Å². The molecule has 0 aliphatic carbocycles. The normalized spacial score (nSPS) is 16.8. The molecule has 134 valence electrons. The first-order valence-electron chi connectivity index (χ1n) is 7.55. The third kappa shape index (κ3) is 3.61. The average molecular weight is 444 g/mol. The highest BCUT2D eigenvalue weighted by Crippen LogP contribution is 2.46.